The number of hydrogen-bond acceptors (Lipinski definition) is 8. The first kappa shape index (κ1) is 23.5. The Morgan fingerprint density at radius 2 is 1.97 bits per heavy atom. The van der Waals surface area contributed by atoms with Crippen molar-refractivity contribution >= 4 is 28.3 Å². The summed E-state index contributed by atoms with van der Waals surface area (Å²) >= 11 is 1.27. The molecule has 9 nitrogen and oxygen atoms in total. The second-order valence-electron chi connectivity index (χ2n) is 7.73. The minimum atomic E-state index is -0.241. The van der Waals surface area contributed by atoms with Gasteiger partial charge in [0.25, 0.3) is 5.91 Å². The molecule has 0 saturated carbocycles. The van der Waals surface area contributed by atoms with Crippen LogP contribution in [0.2, 0.25) is 0 Å². The standard InChI is InChI=1S/C24H26N4O5S/c1-4-15(2)28(23(30)17-7-5-6-8-18(17)31-3)12-11-21(29)25-24-27-26-22(34-24)16-9-10-19-20(13-16)33-14-32-19/h5-10,13,15H,4,11-12,14H2,1-3H3,(H,25,27,29). The molecule has 0 fully saturated rings. The molecule has 1 aliphatic heterocycles. The molecule has 178 valence electrons. The second-order valence-corrected chi connectivity index (χ2v) is 8.71. The van der Waals surface area contributed by atoms with Crippen LogP contribution in [-0.2, 0) is 4.79 Å². The number of hydrogen-bond donors (Lipinski definition) is 1. The molecule has 1 aliphatic rings. The predicted octanol–water partition coefficient (Wildman–Crippen LogP) is 4.21. The number of amides is 2. The normalized spacial score (nSPS) is 12.8. The van der Waals surface area contributed by atoms with Crippen molar-refractivity contribution in [3.63, 3.8) is 0 Å². The highest BCUT2D eigenvalue weighted by Crippen LogP contribution is 2.37. The van der Waals surface area contributed by atoms with E-state index in [1.165, 1.54) is 18.4 Å². The Bertz CT molecular complexity index is 1180. The smallest absolute Gasteiger partial charge is 0.257 e. The van der Waals surface area contributed by atoms with Crippen LogP contribution in [0.3, 0.4) is 0 Å². The molecule has 2 amide bonds. The lowest BCUT2D eigenvalue weighted by atomic mass is 10.1. The maximum Gasteiger partial charge on any atom is 0.257 e. The Kier molecular flexibility index (Phi) is 7.27. The Labute approximate surface area is 201 Å². The molecule has 1 unspecified atom stereocenters. The molecule has 2 heterocycles. The lowest BCUT2D eigenvalue weighted by Gasteiger charge is -2.29. The summed E-state index contributed by atoms with van der Waals surface area (Å²) in [5.74, 6) is 1.45. The molecular weight excluding hydrogens is 456 g/mol. The SMILES string of the molecule is CCC(C)N(CCC(=O)Nc1nnc(-c2ccc3c(c2)OCO3)s1)C(=O)c1ccccc1OC. The fourth-order valence-electron chi connectivity index (χ4n) is 3.54. The van der Waals surface area contributed by atoms with Crippen molar-refractivity contribution in [1.82, 2.24) is 15.1 Å². The number of fused-ring (bicyclic) bond motifs is 1. The topological polar surface area (TPSA) is 103 Å². The Morgan fingerprint density at radius 1 is 1.18 bits per heavy atom. The molecule has 0 saturated heterocycles. The minimum Gasteiger partial charge on any atom is -0.496 e. The number of para-hydroxylation sites is 1. The fourth-order valence-corrected chi connectivity index (χ4v) is 4.30. The van der Waals surface area contributed by atoms with E-state index in [9.17, 15) is 9.59 Å². The third kappa shape index (κ3) is 5.12. The largest absolute Gasteiger partial charge is 0.496 e. The summed E-state index contributed by atoms with van der Waals surface area (Å²) in [7, 11) is 1.53. The summed E-state index contributed by atoms with van der Waals surface area (Å²) in [6, 6.07) is 12.6. The lowest BCUT2D eigenvalue weighted by molar-refractivity contribution is -0.116. The fraction of sp³-hybridized carbons (Fsp3) is 0.333. The van der Waals surface area contributed by atoms with Gasteiger partial charge >= 0.3 is 0 Å². The third-order valence-electron chi connectivity index (χ3n) is 5.59. The number of rotatable bonds is 9. The molecule has 34 heavy (non-hydrogen) atoms. The average Bonchev–Trinajstić information content (AvgIpc) is 3.52. The number of nitrogens with zero attached hydrogens (tertiary/aromatic N) is 3. The molecule has 0 spiro atoms. The van der Waals surface area contributed by atoms with E-state index < -0.39 is 0 Å². The Morgan fingerprint density at radius 3 is 2.76 bits per heavy atom. The number of anilines is 1. The first-order valence-corrected chi connectivity index (χ1v) is 11.8. The van der Waals surface area contributed by atoms with E-state index in [1.807, 2.05) is 38.1 Å². The van der Waals surface area contributed by atoms with Crippen molar-refractivity contribution in [3.8, 4) is 27.8 Å². The van der Waals surface area contributed by atoms with Crippen LogP contribution in [0.25, 0.3) is 10.6 Å². The van der Waals surface area contributed by atoms with Crippen molar-refractivity contribution < 1.29 is 23.8 Å². The zero-order valence-electron chi connectivity index (χ0n) is 19.2. The number of carbonyl (C=O) groups is 2. The van der Waals surface area contributed by atoms with Gasteiger partial charge in [-0.3, -0.25) is 9.59 Å². The van der Waals surface area contributed by atoms with Gasteiger partial charge in [0.2, 0.25) is 17.8 Å². The molecule has 2 aromatic carbocycles. The van der Waals surface area contributed by atoms with Gasteiger partial charge in [-0.2, -0.15) is 0 Å². The highest BCUT2D eigenvalue weighted by atomic mass is 32.1. The molecule has 1 atom stereocenters. The number of carbonyl (C=O) groups excluding carboxylic acids is 2. The Balaban J connectivity index is 1.39. The van der Waals surface area contributed by atoms with Gasteiger partial charge in [-0.25, -0.2) is 0 Å². The van der Waals surface area contributed by atoms with Gasteiger partial charge in [0.15, 0.2) is 11.5 Å². The van der Waals surface area contributed by atoms with Gasteiger partial charge in [-0.1, -0.05) is 30.4 Å². The molecular formula is C24H26N4O5S. The summed E-state index contributed by atoms with van der Waals surface area (Å²) in [4.78, 5) is 27.6. The molecule has 0 aliphatic carbocycles. The number of methoxy groups -OCH3 is 1. The van der Waals surface area contributed by atoms with Crippen LogP contribution < -0.4 is 19.5 Å². The van der Waals surface area contributed by atoms with Gasteiger partial charge < -0.3 is 24.4 Å². The monoisotopic (exact) mass is 482 g/mol. The maximum absolute atomic E-state index is 13.2. The summed E-state index contributed by atoms with van der Waals surface area (Å²) < 4.78 is 16.1. The van der Waals surface area contributed by atoms with E-state index >= 15 is 0 Å². The molecule has 3 aromatic rings. The van der Waals surface area contributed by atoms with Crippen LogP contribution in [0.15, 0.2) is 42.5 Å². The highest BCUT2D eigenvalue weighted by molar-refractivity contribution is 7.18. The van der Waals surface area contributed by atoms with Crippen LogP contribution >= 0.6 is 11.3 Å². The molecule has 1 aromatic heterocycles. The summed E-state index contributed by atoms with van der Waals surface area (Å²) in [5, 5.41) is 12.1. The number of ether oxygens (including phenoxy) is 3. The minimum absolute atomic E-state index is 0.0376. The van der Waals surface area contributed by atoms with Crippen LogP contribution in [0.5, 0.6) is 17.2 Å². The van der Waals surface area contributed by atoms with Crippen molar-refractivity contribution in [2.75, 3.05) is 25.8 Å². The quantitative estimate of drug-likeness (QED) is 0.487. The van der Waals surface area contributed by atoms with E-state index in [2.05, 4.69) is 15.5 Å². The molecule has 1 N–H and O–H groups in total. The van der Waals surface area contributed by atoms with E-state index in [0.29, 0.717) is 33.0 Å². The predicted molar refractivity (Wildman–Crippen MR) is 128 cm³/mol. The number of benzene rings is 2. The van der Waals surface area contributed by atoms with Gasteiger partial charge in [-0.05, 0) is 43.7 Å². The van der Waals surface area contributed by atoms with E-state index in [0.717, 1.165) is 12.0 Å². The first-order chi connectivity index (χ1) is 16.5. The van der Waals surface area contributed by atoms with E-state index in [-0.39, 0.29) is 37.6 Å². The van der Waals surface area contributed by atoms with Crippen LogP contribution in [-0.4, -0.2) is 53.4 Å². The zero-order valence-corrected chi connectivity index (χ0v) is 20.1. The lowest BCUT2D eigenvalue weighted by Crippen LogP contribution is -2.40. The van der Waals surface area contributed by atoms with Crippen LogP contribution in [0, 0.1) is 0 Å². The zero-order chi connectivity index (χ0) is 24.1. The van der Waals surface area contributed by atoms with Gasteiger partial charge in [0, 0.05) is 24.6 Å². The van der Waals surface area contributed by atoms with E-state index in [1.54, 1.807) is 23.1 Å². The van der Waals surface area contributed by atoms with Gasteiger partial charge in [-0.15, -0.1) is 10.2 Å². The molecule has 10 heteroatoms. The summed E-state index contributed by atoms with van der Waals surface area (Å²) in [6.45, 7) is 4.44. The van der Waals surface area contributed by atoms with Crippen LogP contribution in [0.4, 0.5) is 5.13 Å². The number of nitrogens with one attached hydrogen (secondary N) is 1. The van der Waals surface area contributed by atoms with Crippen molar-refractivity contribution in [2.24, 2.45) is 0 Å². The van der Waals surface area contributed by atoms with Crippen LogP contribution in [0.1, 0.15) is 37.0 Å². The maximum atomic E-state index is 13.2. The van der Waals surface area contributed by atoms with Crippen molar-refractivity contribution in [1.29, 1.82) is 0 Å². The average molecular weight is 483 g/mol. The summed E-state index contributed by atoms with van der Waals surface area (Å²) in [6.07, 6.45) is 0.891. The third-order valence-corrected chi connectivity index (χ3v) is 6.48. The molecule has 0 radical (unpaired) electrons. The first-order valence-electron chi connectivity index (χ1n) is 11.0. The Hall–Kier alpha value is -3.66. The van der Waals surface area contributed by atoms with Crippen molar-refractivity contribution in [3.05, 3.63) is 48.0 Å². The number of aromatic nitrogens is 2. The second kappa shape index (κ2) is 10.5. The highest BCUT2D eigenvalue weighted by Gasteiger charge is 2.24. The van der Waals surface area contributed by atoms with E-state index in [4.69, 9.17) is 14.2 Å². The van der Waals surface area contributed by atoms with Gasteiger partial charge in [0.05, 0.1) is 12.7 Å². The van der Waals surface area contributed by atoms with Gasteiger partial charge in [0.1, 0.15) is 10.8 Å². The molecule has 4 rings (SSSR count). The molecule has 0 bridgehead atoms. The van der Waals surface area contributed by atoms with Crippen molar-refractivity contribution in [2.45, 2.75) is 32.7 Å². The summed E-state index contributed by atoms with van der Waals surface area (Å²) in [5.41, 5.74) is 1.30.